The highest BCUT2D eigenvalue weighted by Crippen LogP contribution is 2.35. The molecule has 1 aromatic carbocycles. The van der Waals surface area contributed by atoms with Crippen molar-refractivity contribution < 1.29 is 9.18 Å². The number of rotatable bonds is 6. The van der Waals surface area contributed by atoms with Gasteiger partial charge in [0, 0.05) is 4.90 Å². The van der Waals surface area contributed by atoms with Crippen LogP contribution in [-0.4, -0.2) is 15.6 Å². The van der Waals surface area contributed by atoms with Crippen LogP contribution in [0, 0.1) is 5.82 Å². The standard InChI is InChI=1S/C17H21FN2OS.2ClH/c1-5-15-17(22-14-9-7-13(18)8-10-14)16(6-2)20(19-15)11(3)12(4)21;;/h7-11H,5-6H2,1-4H3;2*1H. The van der Waals surface area contributed by atoms with Gasteiger partial charge in [-0.2, -0.15) is 5.10 Å². The van der Waals surface area contributed by atoms with E-state index in [-0.39, 0.29) is 42.5 Å². The van der Waals surface area contributed by atoms with E-state index in [9.17, 15) is 9.18 Å². The quantitative estimate of drug-likeness (QED) is 0.669. The molecule has 1 unspecified atom stereocenters. The van der Waals surface area contributed by atoms with Gasteiger partial charge >= 0.3 is 0 Å². The summed E-state index contributed by atoms with van der Waals surface area (Å²) >= 11 is 1.59. The van der Waals surface area contributed by atoms with Crippen LogP contribution in [0.4, 0.5) is 4.39 Å². The highest BCUT2D eigenvalue weighted by atomic mass is 35.5. The summed E-state index contributed by atoms with van der Waals surface area (Å²) in [6.45, 7) is 7.58. The number of hydrogen-bond donors (Lipinski definition) is 0. The first-order chi connectivity index (χ1) is 10.5. The maximum atomic E-state index is 13.1. The maximum absolute atomic E-state index is 13.1. The molecule has 0 spiro atoms. The first-order valence-electron chi connectivity index (χ1n) is 7.52. The Bertz CT molecular complexity index is 674. The van der Waals surface area contributed by atoms with E-state index in [1.165, 1.54) is 12.1 Å². The molecule has 1 atom stereocenters. The molecule has 0 N–H and O–H groups in total. The van der Waals surface area contributed by atoms with Crippen molar-refractivity contribution in [2.24, 2.45) is 0 Å². The minimum atomic E-state index is -0.261. The zero-order valence-electron chi connectivity index (χ0n) is 14.2. The molecule has 3 nitrogen and oxygen atoms in total. The zero-order valence-corrected chi connectivity index (χ0v) is 16.7. The van der Waals surface area contributed by atoms with Gasteiger partial charge in [0.2, 0.25) is 0 Å². The number of aromatic nitrogens is 2. The lowest BCUT2D eigenvalue weighted by molar-refractivity contribution is -0.119. The lowest BCUT2D eigenvalue weighted by atomic mass is 10.2. The minimum absolute atomic E-state index is 0. The molecule has 0 aliphatic rings. The second kappa shape index (κ2) is 10.1. The highest BCUT2D eigenvalue weighted by Gasteiger charge is 2.21. The molecule has 2 rings (SSSR count). The average molecular weight is 393 g/mol. The Kier molecular flexibility index (Phi) is 9.63. The van der Waals surface area contributed by atoms with Gasteiger partial charge in [0.1, 0.15) is 11.9 Å². The van der Waals surface area contributed by atoms with Gasteiger partial charge in [-0.1, -0.05) is 25.6 Å². The summed E-state index contributed by atoms with van der Waals surface area (Å²) in [5.74, 6) is -0.144. The topological polar surface area (TPSA) is 34.9 Å². The van der Waals surface area contributed by atoms with E-state index in [2.05, 4.69) is 18.9 Å². The van der Waals surface area contributed by atoms with Crippen molar-refractivity contribution in [2.45, 2.75) is 56.4 Å². The van der Waals surface area contributed by atoms with E-state index in [1.54, 1.807) is 30.8 Å². The van der Waals surface area contributed by atoms with Crippen molar-refractivity contribution in [1.82, 2.24) is 9.78 Å². The van der Waals surface area contributed by atoms with Crippen LogP contribution < -0.4 is 0 Å². The molecule has 1 aromatic heterocycles. The number of aryl methyl sites for hydroxylation is 1. The summed E-state index contributed by atoms with van der Waals surface area (Å²) in [4.78, 5) is 13.8. The fraction of sp³-hybridized carbons (Fsp3) is 0.412. The van der Waals surface area contributed by atoms with Gasteiger partial charge in [-0.25, -0.2) is 4.39 Å². The molecule has 134 valence electrons. The molecule has 0 saturated heterocycles. The van der Waals surface area contributed by atoms with Gasteiger partial charge in [-0.05, 0) is 51.0 Å². The fourth-order valence-electron chi connectivity index (χ4n) is 2.29. The molecule has 24 heavy (non-hydrogen) atoms. The molecular formula is C17H23Cl2FN2OS. The lowest BCUT2D eigenvalue weighted by Gasteiger charge is -2.12. The van der Waals surface area contributed by atoms with Crippen molar-refractivity contribution in [3.63, 3.8) is 0 Å². The number of ketones is 1. The summed E-state index contributed by atoms with van der Waals surface area (Å²) in [6.07, 6.45) is 1.60. The minimum Gasteiger partial charge on any atom is -0.298 e. The van der Waals surface area contributed by atoms with E-state index in [4.69, 9.17) is 0 Å². The van der Waals surface area contributed by atoms with Crippen molar-refractivity contribution in [1.29, 1.82) is 0 Å². The molecule has 0 bridgehead atoms. The summed E-state index contributed by atoms with van der Waals surface area (Å²) in [5.41, 5.74) is 2.05. The van der Waals surface area contributed by atoms with Crippen LogP contribution in [0.1, 0.15) is 45.1 Å². The number of benzene rings is 1. The molecule has 0 aliphatic carbocycles. The van der Waals surface area contributed by atoms with E-state index in [1.807, 2.05) is 11.6 Å². The maximum Gasteiger partial charge on any atom is 0.154 e. The van der Waals surface area contributed by atoms with E-state index in [0.717, 1.165) is 34.0 Å². The number of carbonyl (C=O) groups is 1. The largest absolute Gasteiger partial charge is 0.298 e. The normalized spacial score (nSPS) is 11.4. The summed E-state index contributed by atoms with van der Waals surface area (Å²) in [5, 5.41) is 4.64. The first-order valence-corrected chi connectivity index (χ1v) is 8.33. The van der Waals surface area contributed by atoms with Crippen LogP contribution >= 0.6 is 36.6 Å². The number of halogens is 3. The van der Waals surface area contributed by atoms with Crippen molar-refractivity contribution >= 4 is 42.4 Å². The van der Waals surface area contributed by atoms with Gasteiger partial charge in [0.05, 0.1) is 16.3 Å². The molecule has 0 amide bonds. The van der Waals surface area contributed by atoms with E-state index in [0.29, 0.717) is 0 Å². The van der Waals surface area contributed by atoms with Crippen LogP contribution in [0.3, 0.4) is 0 Å². The Morgan fingerprint density at radius 2 is 1.79 bits per heavy atom. The Hall–Kier alpha value is -1.04. The van der Waals surface area contributed by atoms with Crippen LogP contribution in [-0.2, 0) is 17.6 Å². The van der Waals surface area contributed by atoms with Crippen molar-refractivity contribution in [3.8, 4) is 0 Å². The molecule has 0 fully saturated rings. The summed E-state index contributed by atoms with van der Waals surface area (Å²) < 4.78 is 14.9. The lowest BCUT2D eigenvalue weighted by Crippen LogP contribution is -2.17. The zero-order chi connectivity index (χ0) is 16.3. The van der Waals surface area contributed by atoms with Crippen LogP contribution in [0.25, 0.3) is 0 Å². The average Bonchev–Trinajstić information content (AvgIpc) is 2.86. The molecule has 1 heterocycles. The monoisotopic (exact) mass is 392 g/mol. The second-order valence-corrected chi connectivity index (χ2v) is 6.30. The molecular weight excluding hydrogens is 370 g/mol. The third-order valence-electron chi connectivity index (χ3n) is 3.69. The summed E-state index contributed by atoms with van der Waals surface area (Å²) in [6, 6.07) is 6.20. The number of Topliss-reactive ketones (excluding diaryl/α,β-unsaturated/α-hetero) is 1. The van der Waals surface area contributed by atoms with Gasteiger partial charge < -0.3 is 0 Å². The van der Waals surface area contributed by atoms with Crippen LogP contribution in [0.2, 0.25) is 0 Å². The predicted octanol–water partition coefficient (Wildman–Crippen LogP) is 5.29. The highest BCUT2D eigenvalue weighted by molar-refractivity contribution is 7.99. The molecule has 0 saturated carbocycles. The Morgan fingerprint density at radius 3 is 2.25 bits per heavy atom. The van der Waals surface area contributed by atoms with Gasteiger partial charge in [-0.3, -0.25) is 9.48 Å². The van der Waals surface area contributed by atoms with Gasteiger partial charge in [0.25, 0.3) is 0 Å². The third kappa shape index (κ3) is 4.98. The third-order valence-corrected chi connectivity index (χ3v) is 4.87. The Balaban J connectivity index is 0.00000264. The number of carbonyl (C=O) groups excluding carboxylic acids is 1. The first kappa shape index (κ1) is 23.0. The second-order valence-electron chi connectivity index (χ2n) is 5.22. The summed E-state index contributed by atoms with van der Waals surface area (Å²) in [7, 11) is 0. The van der Waals surface area contributed by atoms with Crippen molar-refractivity contribution in [2.75, 3.05) is 0 Å². The Morgan fingerprint density at radius 1 is 1.21 bits per heavy atom. The SMILES string of the molecule is CCc1nn(C(C)C(C)=O)c(CC)c1Sc1ccc(F)cc1.Cl.Cl. The van der Waals surface area contributed by atoms with Crippen LogP contribution in [0.5, 0.6) is 0 Å². The molecule has 0 radical (unpaired) electrons. The number of hydrogen-bond acceptors (Lipinski definition) is 3. The van der Waals surface area contributed by atoms with Gasteiger partial charge in [-0.15, -0.1) is 24.8 Å². The van der Waals surface area contributed by atoms with E-state index < -0.39 is 0 Å². The van der Waals surface area contributed by atoms with Crippen molar-refractivity contribution in [3.05, 3.63) is 41.5 Å². The molecule has 2 aromatic rings. The molecule has 7 heteroatoms. The van der Waals surface area contributed by atoms with Gasteiger partial charge in [0.15, 0.2) is 5.78 Å². The fourth-order valence-corrected chi connectivity index (χ4v) is 3.46. The predicted molar refractivity (Wildman–Crippen MR) is 101 cm³/mol. The smallest absolute Gasteiger partial charge is 0.154 e. The van der Waals surface area contributed by atoms with Crippen LogP contribution in [0.15, 0.2) is 34.1 Å². The molecule has 0 aliphatic heterocycles. The Labute approximate surface area is 159 Å². The van der Waals surface area contributed by atoms with E-state index >= 15 is 0 Å². The number of nitrogens with zero attached hydrogens (tertiary/aromatic N) is 2.